The van der Waals surface area contributed by atoms with E-state index in [0.717, 1.165) is 0 Å². The second kappa shape index (κ2) is 12.1. The molecule has 0 fully saturated rings. The molecule has 0 heterocycles. The lowest BCUT2D eigenvalue weighted by Gasteiger charge is -2.15. The van der Waals surface area contributed by atoms with Gasteiger partial charge >= 0.3 is 0 Å². The molecule has 0 bridgehead atoms. The van der Waals surface area contributed by atoms with Crippen LogP contribution in [0, 0.1) is 0 Å². The predicted octanol–water partition coefficient (Wildman–Crippen LogP) is 5.45. The minimum absolute atomic E-state index is 0. The highest BCUT2D eigenvalue weighted by Crippen LogP contribution is 2.32. The molecule has 152 valence electrons. The van der Waals surface area contributed by atoms with Gasteiger partial charge in [-0.25, -0.2) is 0 Å². The molecule has 0 aliphatic rings. The molecule has 0 radical (unpaired) electrons. The number of hydrogen-bond donors (Lipinski definition) is 4. The maximum absolute atomic E-state index is 9.51. The van der Waals surface area contributed by atoms with E-state index in [1.54, 1.807) is 36.4 Å². The van der Waals surface area contributed by atoms with Crippen LogP contribution in [0.3, 0.4) is 0 Å². The quantitative estimate of drug-likeness (QED) is 0.491. The molecule has 2 aromatic rings. The molecule has 8 heteroatoms. The summed E-state index contributed by atoms with van der Waals surface area (Å²) in [5.41, 5.74) is 0.897. The molecule has 0 aromatic heterocycles. The van der Waals surface area contributed by atoms with Gasteiger partial charge in [-0.1, -0.05) is 78.1 Å². The number of rotatable bonds is 4. The van der Waals surface area contributed by atoms with Gasteiger partial charge in [-0.2, -0.15) is 0 Å². The SMILES string of the molecule is C.C[C@@H](O)[C@H](O)c1cccc(Cl)c1Cl.C[C@H](O)[C@@H](O)c1cccc(Cl)c1Cl. The van der Waals surface area contributed by atoms with E-state index in [-0.39, 0.29) is 17.5 Å². The summed E-state index contributed by atoms with van der Waals surface area (Å²) in [6.45, 7) is 2.98. The Morgan fingerprint density at radius 1 is 0.630 bits per heavy atom. The van der Waals surface area contributed by atoms with Crippen LogP contribution in [0.25, 0.3) is 0 Å². The van der Waals surface area contributed by atoms with Crippen molar-refractivity contribution in [3.05, 3.63) is 67.6 Å². The Morgan fingerprint density at radius 3 is 1.19 bits per heavy atom. The fourth-order valence-electron chi connectivity index (χ4n) is 2.02. The lowest BCUT2D eigenvalue weighted by molar-refractivity contribution is 0.0306. The molecule has 4 nitrogen and oxygen atoms in total. The predicted molar refractivity (Wildman–Crippen MR) is 113 cm³/mol. The smallest absolute Gasteiger partial charge is 0.106 e. The second-order valence-corrected chi connectivity index (χ2v) is 7.23. The van der Waals surface area contributed by atoms with Crippen LogP contribution >= 0.6 is 46.4 Å². The standard InChI is InChI=1S/2C9H10Cl2O2.CH4/c2*1-5(12)9(13)6-3-2-4-7(10)8(6)11;/h2*2-5,9,12-13H,1H3;1H4/t2*5-,9+;/m10./s1. The van der Waals surface area contributed by atoms with Crippen LogP contribution in [0.15, 0.2) is 36.4 Å². The van der Waals surface area contributed by atoms with Gasteiger partial charge in [0.05, 0.1) is 32.3 Å². The van der Waals surface area contributed by atoms with Gasteiger partial charge in [-0.15, -0.1) is 0 Å². The van der Waals surface area contributed by atoms with Gasteiger partial charge in [0.25, 0.3) is 0 Å². The fraction of sp³-hybridized carbons (Fsp3) is 0.368. The monoisotopic (exact) mass is 456 g/mol. The van der Waals surface area contributed by atoms with Crippen molar-refractivity contribution in [3.63, 3.8) is 0 Å². The van der Waals surface area contributed by atoms with E-state index in [1.165, 1.54) is 13.8 Å². The summed E-state index contributed by atoms with van der Waals surface area (Å²) in [4.78, 5) is 0. The maximum Gasteiger partial charge on any atom is 0.106 e. The van der Waals surface area contributed by atoms with E-state index in [4.69, 9.17) is 56.6 Å². The average molecular weight is 458 g/mol. The Labute approximate surface area is 179 Å². The van der Waals surface area contributed by atoms with Crippen molar-refractivity contribution >= 4 is 46.4 Å². The molecule has 2 rings (SSSR count). The van der Waals surface area contributed by atoms with Crippen molar-refractivity contribution in [2.75, 3.05) is 0 Å². The van der Waals surface area contributed by atoms with Crippen LogP contribution in [0.4, 0.5) is 0 Å². The normalized spacial score (nSPS) is 14.9. The Hall–Kier alpha value is -0.560. The number of aliphatic hydroxyl groups excluding tert-OH is 4. The molecule has 0 saturated carbocycles. The van der Waals surface area contributed by atoms with Gasteiger partial charge in [-0.3, -0.25) is 0 Å². The van der Waals surface area contributed by atoms with Gasteiger partial charge in [0.1, 0.15) is 12.2 Å². The third-order valence-electron chi connectivity index (χ3n) is 3.51. The second-order valence-electron chi connectivity index (χ2n) is 5.66. The van der Waals surface area contributed by atoms with E-state index in [1.807, 2.05) is 0 Å². The summed E-state index contributed by atoms with van der Waals surface area (Å²) in [6, 6.07) is 9.87. The molecule has 0 spiro atoms. The molecular weight excluding hydrogens is 434 g/mol. The number of hydrogen-bond acceptors (Lipinski definition) is 4. The third-order valence-corrected chi connectivity index (χ3v) is 5.18. The van der Waals surface area contributed by atoms with Crippen molar-refractivity contribution in [2.45, 2.75) is 45.7 Å². The first-order valence-corrected chi connectivity index (χ1v) is 9.19. The summed E-state index contributed by atoms with van der Waals surface area (Å²) in [6.07, 6.45) is -3.72. The van der Waals surface area contributed by atoms with Gasteiger partial charge in [0.2, 0.25) is 0 Å². The molecule has 0 unspecified atom stereocenters. The first kappa shape index (κ1) is 26.4. The highest BCUT2D eigenvalue weighted by molar-refractivity contribution is 6.43. The number of halogens is 4. The Morgan fingerprint density at radius 2 is 0.926 bits per heavy atom. The molecule has 0 aliphatic carbocycles. The van der Waals surface area contributed by atoms with Crippen molar-refractivity contribution in [1.29, 1.82) is 0 Å². The van der Waals surface area contributed by atoms with Crippen LogP contribution in [-0.2, 0) is 0 Å². The highest BCUT2D eigenvalue weighted by atomic mass is 35.5. The van der Waals surface area contributed by atoms with Crippen LogP contribution in [-0.4, -0.2) is 32.6 Å². The van der Waals surface area contributed by atoms with Crippen LogP contribution in [0.2, 0.25) is 20.1 Å². The van der Waals surface area contributed by atoms with E-state index in [0.29, 0.717) is 21.2 Å². The van der Waals surface area contributed by atoms with Crippen molar-refractivity contribution in [3.8, 4) is 0 Å². The summed E-state index contributed by atoms with van der Waals surface area (Å²) in [5, 5.41) is 38.6. The molecule has 4 atom stereocenters. The molecule has 4 N–H and O–H groups in total. The van der Waals surface area contributed by atoms with Crippen LogP contribution in [0.1, 0.15) is 44.6 Å². The van der Waals surface area contributed by atoms with Crippen molar-refractivity contribution in [1.82, 2.24) is 0 Å². The summed E-state index contributed by atoms with van der Waals surface area (Å²) < 4.78 is 0. The zero-order valence-corrected chi connectivity index (χ0v) is 17.1. The van der Waals surface area contributed by atoms with E-state index < -0.39 is 24.4 Å². The lowest BCUT2D eigenvalue weighted by atomic mass is 10.1. The fourth-order valence-corrected chi connectivity index (χ4v) is 2.86. The minimum atomic E-state index is -0.994. The van der Waals surface area contributed by atoms with E-state index >= 15 is 0 Å². The summed E-state index contributed by atoms with van der Waals surface area (Å²) >= 11 is 23.1. The highest BCUT2D eigenvalue weighted by Gasteiger charge is 2.18. The molecule has 0 amide bonds. The molecule has 0 saturated heterocycles. The molecule has 0 aliphatic heterocycles. The zero-order chi connectivity index (χ0) is 20.0. The maximum atomic E-state index is 9.51. The van der Waals surface area contributed by atoms with Gasteiger partial charge in [0.15, 0.2) is 0 Å². The first-order valence-electron chi connectivity index (χ1n) is 7.68. The largest absolute Gasteiger partial charge is 0.390 e. The van der Waals surface area contributed by atoms with E-state index in [9.17, 15) is 10.2 Å². The molecule has 27 heavy (non-hydrogen) atoms. The topological polar surface area (TPSA) is 80.9 Å². The van der Waals surface area contributed by atoms with Crippen molar-refractivity contribution < 1.29 is 20.4 Å². The molecular formula is C19H24Cl4O4. The van der Waals surface area contributed by atoms with Gasteiger partial charge < -0.3 is 20.4 Å². The third kappa shape index (κ3) is 7.41. The minimum Gasteiger partial charge on any atom is -0.390 e. The summed E-state index contributed by atoms with van der Waals surface area (Å²) in [5.74, 6) is 0. The Bertz CT molecular complexity index is 661. The first-order chi connectivity index (χ1) is 12.1. The lowest BCUT2D eigenvalue weighted by Crippen LogP contribution is -2.14. The zero-order valence-electron chi connectivity index (χ0n) is 14.1. The van der Waals surface area contributed by atoms with Crippen LogP contribution in [0.5, 0.6) is 0 Å². The number of aliphatic hydroxyl groups is 4. The Balaban J connectivity index is 0.000000483. The van der Waals surface area contributed by atoms with Crippen LogP contribution < -0.4 is 0 Å². The van der Waals surface area contributed by atoms with Gasteiger partial charge in [-0.05, 0) is 26.0 Å². The van der Waals surface area contributed by atoms with E-state index in [2.05, 4.69) is 0 Å². The average Bonchev–Trinajstić information content (AvgIpc) is 2.59. The molecule has 2 aromatic carbocycles. The summed E-state index contributed by atoms with van der Waals surface area (Å²) in [7, 11) is 0. The number of benzene rings is 2. The van der Waals surface area contributed by atoms with Crippen molar-refractivity contribution in [2.24, 2.45) is 0 Å². The van der Waals surface area contributed by atoms with Gasteiger partial charge in [0, 0.05) is 11.1 Å². The Kier molecular flexibility index (Phi) is 11.8.